The summed E-state index contributed by atoms with van der Waals surface area (Å²) in [6.07, 6.45) is -0.332. The van der Waals surface area contributed by atoms with Gasteiger partial charge in [0.15, 0.2) is 6.10 Å². The molecule has 0 aromatic heterocycles. The summed E-state index contributed by atoms with van der Waals surface area (Å²) < 4.78 is 5.20. The topological polar surface area (TPSA) is 78.8 Å². The number of carbonyl (C=O) groups is 1. The molecule has 1 unspecified atom stereocenters. The van der Waals surface area contributed by atoms with E-state index < -0.39 is 11.6 Å². The first-order valence-electron chi connectivity index (χ1n) is 6.24. The van der Waals surface area contributed by atoms with Gasteiger partial charge in [-0.05, 0) is 12.0 Å². The SMILES string of the molecule is CCC(CO)(CO)NC(=O)C(OC)c1ccccc1. The third-order valence-electron chi connectivity index (χ3n) is 3.25. The van der Waals surface area contributed by atoms with Crippen LogP contribution in [-0.2, 0) is 9.53 Å². The summed E-state index contributed by atoms with van der Waals surface area (Å²) in [5.74, 6) is -0.376. The molecule has 5 heteroatoms. The van der Waals surface area contributed by atoms with Crippen molar-refractivity contribution in [3.8, 4) is 0 Å². The molecule has 19 heavy (non-hydrogen) atoms. The van der Waals surface area contributed by atoms with E-state index in [1.54, 1.807) is 19.1 Å². The predicted octanol–water partition coefficient (Wildman–Crippen LogP) is 0.624. The lowest BCUT2D eigenvalue weighted by atomic mass is 9.97. The lowest BCUT2D eigenvalue weighted by Crippen LogP contribution is -2.55. The van der Waals surface area contributed by atoms with Crippen LogP contribution in [-0.4, -0.2) is 42.0 Å². The molecule has 0 aliphatic carbocycles. The van der Waals surface area contributed by atoms with Gasteiger partial charge < -0.3 is 20.3 Å². The first-order chi connectivity index (χ1) is 9.12. The van der Waals surface area contributed by atoms with Crippen LogP contribution in [0.3, 0.4) is 0 Å². The van der Waals surface area contributed by atoms with Crippen molar-refractivity contribution in [2.75, 3.05) is 20.3 Å². The van der Waals surface area contributed by atoms with Gasteiger partial charge in [-0.15, -0.1) is 0 Å². The number of benzene rings is 1. The highest BCUT2D eigenvalue weighted by molar-refractivity contribution is 5.83. The molecule has 0 fully saturated rings. The molecule has 106 valence electrons. The molecule has 0 aliphatic rings. The maximum atomic E-state index is 12.2. The second kappa shape index (κ2) is 7.23. The molecule has 1 aromatic carbocycles. The summed E-state index contributed by atoms with van der Waals surface area (Å²) in [7, 11) is 1.45. The van der Waals surface area contributed by atoms with Gasteiger partial charge in [-0.1, -0.05) is 37.3 Å². The zero-order chi connectivity index (χ0) is 14.3. The highest BCUT2D eigenvalue weighted by Crippen LogP contribution is 2.18. The van der Waals surface area contributed by atoms with Crippen LogP contribution >= 0.6 is 0 Å². The maximum Gasteiger partial charge on any atom is 0.254 e. The fraction of sp³-hybridized carbons (Fsp3) is 0.500. The van der Waals surface area contributed by atoms with E-state index in [1.807, 2.05) is 18.2 Å². The molecule has 3 N–H and O–H groups in total. The number of hydrogen-bond donors (Lipinski definition) is 3. The van der Waals surface area contributed by atoms with Gasteiger partial charge in [0.1, 0.15) is 0 Å². The van der Waals surface area contributed by atoms with Crippen molar-refractivity contribution >= 4 is 5.91 Å². The summed E-state index contributed by atoms with van der Waals surface area (Å²) in [6, 6.07) is 9.07. The van der Waals surface area contributed by atoms with Crippen molar-refractivity contribution in [1.82, 2.24) is 5.32 Å². The van der Waals surface area contributed by atoms with Crippen LogP contribution in [0.1, 0.15) is 25.0 Å². The predicted molar refractivity (Wildman–Crippen MR) is 71.5 cm³/mol. The summed E-state index contributed by atoms with van der Waals surface area (Å²) >= 11 is 0. The lowest BCUT2D eigenvalue weighted by molar-refractivity contribution is -0.135. The molecule has 0 spiro atoms. The molecule has 0 bridgehead atoms. The van der Waals surface area contributed by atoms with E-state index in [-0.39, 0.29) is 19.1 Å². The van der Waals surface area contributed by atoms with Crippen molar-refractivity contribution in [3.63, 3.8) is 0 Å². The number of ether oxygens (including phenoxy) is 1. The monoisotopic (exact) mass is 267 g/mol. The van der Waals surface area contributed by atoms with Gasteiger partial charge in [0.25, 0.3) is 5.91 Å². The number of amides is 1. The Kier molecular flexibility index (Phi) is 5.95. The van der Waals surface area contributed by atoms with Crippen molar-refractivity contribution in [2.24, 2.45) is 0 Å². The van der Waals surface area contributed by atoms with E-state index in [0.29, 0.717) is 6.42 Å². The second-order valence-electron chi connectivity index (χ2n) is 4.47. The fourth-order valence-corrected chi connectivity index (χ4v) is 1.79. The van der Waals surface area contributed by atoms with Gasteiger partial charge in [0.2, 0.25) is 0 Å². The second-order valence-corrected chi connectivity index (χ2v) is 4.47. The molecule has 0 saturated heterocycles. The molecular formula is C14H21NO4. The Bertz CT molecular complexity index is 381. The van der Waals surface area contributed by atoms with Gasteiger partial charge in [-0.3, -0.25) is 4.79 Å². The first kappa shape index (κ1) is 15.6. The van der Waals surface area contributed by atoms with Crippen LogP contribution in [0.25, 0.3) is 0 Å². The average Bonchev–Trinajstić information content (AvgIpc) is 2.47. The minimum atomic E-state index is -1.01. The van der Waals surface area contributed by atoms with Gasteiger partial charge in [0.05, 0.1) is 18.8 Å². The number of hydrogen-bond acceptors (Lipinski definition) is 4. The van der Waals surface area contributed by atoms with Crippen molar-refractivity contribution in [3.05, 3.63) is 35.9 Å². The molecule has 1 amide bonds. The zero-order valence-corrected chi connectivity index (χ0v) is 11.3. The van der Waals surface area contributed by atoms with E-state index in [0.717, 1.165) is 5.56 Å². The van der Waals surface area contributed by atoms with E-state index in [2.05, 4.69) is 5.32 Å². The smallest absolute Gasteiger partial charge is 0.254 e. The standard InChI is InChI=1S/C14H21NO4/c1-3-14(9-16,10-17)15-13(18)12(19-2)11-7-5-4-6-8-11/h4-8,12,16-17H,3,9-10H2,1-2H3,(H,15,18). The Morgan fingerprint density at radius 2 is 1.89 bits per heavy atom. The lowest BCUT2D eigenvalue weighted by Gasteiger charge is -2.31. The largest absolute Gasteiger partial charge is 0.394 e. The molecule has 0 radical (unpaired) electrons. The number of methoxy groups -OCH3 is 1. The molecule has 0 saturated carbocycles. The number of aliphatic hydroxyl groups is 2. The van der Waals surface area contributed by atoms with Crippen molar-refractivity contribution in [1.29, 1.82) is 0 Å². The highest BCUT2D eigenvalue weighted by atomic mass is 16.5. The summed E-state index contributed by atoms with van der Waals surface area (Å²) in [4.78, 5) is 12.2. The minimum Gasteiger partial charge on any atom is -0.394 e. The Labute approximate surface area is 113 Å². The first-order valence-corrected chi connectivity index (χ1v) is 6.24. The quantitative estimate of drug-likeness (QED) is 0.677. The molecule has 1 aromatic rings. The van der Waals surface area contributed by atoms with E-state index >= 15 is 0 Å². The highest BCUT2D eigenvalue weighted by Gasteiger charge is 2.32. The number of nitrogens with one attached hydrogen (secondary N) is 1. The van der Waals surface area contributed by atoms with Gasteiger partial charge in [-0.2, -0.15) is 0 Å². The Hall–Kier alpha value is -1.43. The molecule has 0 aliphatic heterocycles. The fourth-order valence-electron chi connectivity index (χ4n) is 1.79. The summed E-state index contributed by atoms with van der Waals surface area (Å²) in [6.45, 7) is 1.14. The molecule has 1 atom stereocenters. The van der Waals surface area contributed by atoms with Crippen LogP contribution in [0.2, 0.25) is 0 Å². The Morgan fingerprint density at radius 1 is 1.32 bits per heavy atom. The molecule has 0 heterocycles. The van der Waals surface area contributed by atoms with Gasteiger partial charge >= 0.3 is 0 Å². The van der Waals surface area contributed by atoms with E-state index in [1.165, 1.54) is 7.11 Å². The van der Waals surface area contributed by atoms with E-state index in [4.69, 9.17) is 4.74 Å². The third-order valence-corrected chi connectivity index (χ3v) is 3.25. The number of aliphatic hydroxyl groups excluding tert-OH is 2. The minimum absolute atomic E-state index is 0.322. The van der Waals surface area contributed by atoms with Crippen molar-refractivity contribution < 1.29 is 19.7 Å². The molecule has 1 rings (SSSR count). The normalized spacial score (nSPS) is 13.1. The number of carbonyl (C=O) groups excluding carboxylic acids is 1. The zero-order valence-electron chi connectivity index (χ0n) is 11.3. The van der Waals surface area contributed by atoms with Crippen LogP contribution in [0.4, 0.5) is 0 Å². The van der Waals surface area contributed by atoms with Crippen LogP contribution in [0, 0.1) is 0 Å². The maximum absolute atomic E-state index is 12.2. The average molecular weight is 267 g/mol. The third kappa shape index (κ3) is 3.76. The summed E-state index contributed by atoms with van der Waals surface area (Å²) in [5.41, 5.74) is -0.286. The van der Waals surface area contributed by atoms with E-state index in [9.17, 15) is 15.0 Å². The Morgan fingerprint density at radius 3 is 2.32 bits per heavy atom. The van der Waals surface area contributed by atoms with Gasteiger partial charge in [0, 0.05) is 7.11 Å². The molecule has 5 nitrogen and oxygen atoms in total. The molecular weight excluding hydrogens is 246 g/mol. The summed E-state index contributed by atoms with van der Waals surface area (Å²) in [5, 5.41) is 21.3. The van der Waals surface area contributed by atoms with Gasteiger partial charge in [-0.25, -0.2) is 0 Å². The van der Waals surface area contributed by atoms with Crippen LogP contribution < -0.4 is 5.32 Å². The Balaban J connectivity index is 2.86. The van der Waals surface area contributed by atoms with Crippen molar-refractivity contribution in [2.45, 2.75) is 25.0 Å². The van der Waals surface area contributed by atoms with Crippen LogP contribution in [0.5, 0.6) is 0 Å². The van der Waals surface area contributed by atoms with Crippen LogP contribution in [0.15, 0.2) is 30.3 Å². The number of rotatable bonds is 7.